The van der Waals surface area contributed by atoms with E-state index in [1.54, 1.807) is 7.11 Å². The Hall–Kier alpha value is -1.55. The van der Waals surface area contributed by atoms with Crippen LogP contribution in [-0.2, 0) is 4.79 Å². The third-order valence-electron chi connectivity index (χ3n) is 2.53. The van der Waals surface area contributed by atoms with Crippen molar-refractivity contribution in [2.75, 3.05) is 7.11 Å². The molecule has 1 atom stereocenters. The summed E-state index contributed by atoms with van der Waals surface area (Å²) in [6.07, 6.45) is 2.80. The van der Waals surface area contributed by atoms with Gasteiger partial charge < -0.3 is 14.1 Å². The van der Waals surface area contributed by atoms with Gasteiger partial charge in [0, 0.05) is 17.6 Å². The Morgan fingerprint density at radius 2 is 2.00 bits per heavy atom. The average molecular weight is 294 g/mol. The Morgan fingerprint density at radius 3 is 2.59 bits per heavy atom. The van der Waals surface area contributed by atoms with E-state index in [1.165, 1.54) is 0 Å². The summed E-state index contributed by atoms with van der Waals surface area (Å²) >= 11 is 3.33. The minimum Gasteiger partial charge on any atom is -0.497 e. The number of alkyl halides is 1. The van der Waals surface area contributed by atoms with Gasteiger partial charge in [0.25, 0.3) is 0 Å². The molecule has 0 aliphatic rings. The number of benzene rings is 1. The quantitative estimate of drug-likeness (QED) is 0.641. The standard InChI is InChI=1S/C13H12BrNO2/c1-17-11-6-4-10(5-7-11)15-8-2-3-13(15)12(14)9-16/h2-9,12H,1H3. The summed E-state index contributed by atoms with van der Waals surface area (Å²) in [4.78, 5) is 10.5. The number of aromatic nitrogens is 1. The van der Waals surface area contributed by atoms with E-state index >= 15 is 0 Å². The lowest BCUT2D eigenvalue weighted by molar-refractivity contribution is -0.107. The van der Waals surface area contributed by atoms with Crippen molar-refractivity contribution in [1.29, 1.82) is 0 Å². The summed E-state index contributed by atoms with van der Waals surface area (Å²) in [6.45, 7) is 0. The van der Waals surface area contributed by atoms with Crippen molar-refractivity contribution in [1.82, 2.24) is 4.57 Å². The number of carbonyl (C=O) groups excluding carboxylic acids is 1. The molecule has 0 amide bonds. The van der Waals surface area contributed by atoms with Crippen LogP contribution in [0.15, 0.2) is 42.6 Å². The van der Waals surface area contributed by atoms with E-state index in [-0.39, 0.29) is 4.83 Å². The first-order valence-electron chi connectivity index (χ1n) is 5.17. The molecule has 2 aromatic rings. The number of halogens is 1. The molecule has 0 aliphatic heterocycles. The van der Waals surface area contributed by atoms with E-state index in [4.69, 9.17) is 4.74 Å². The van der Waals surface area contributed by atoms with Gasteiger partial charge in [0.1, 0.15) is 16.9 Å². The highest BCUT2D eigenvalue weighted by Crippen LogP contribution is 2.24. The van der Waals surface area contributed by atoms with E-state index < -0.39 is 0 Å². The van der Waals surface area contributed by atoms with Gasteiger partial charge in [-0.15, -0.1) is 0 Å². The summed E-state index contributed by atoms with van der Waals surface area (Å²) in [7, 11) is 1.64. The normalized spacial score (nSPS) is 12.1. The zero-order valence-electron chi connectivity index (χ0n) is 9.34. The van der Waals surface area contributed by atoms with Crippen LogP contribution in [0.5, 0.6) is 5.75 Å². The predicted molar refractivity (Wildman–Crippen MR) is 70.1 cm³/mol. The summed E-state index contributed by atoms with van der Waals surface area (Å²) in [5, 5.41) is 0. The molecule has 0 N–H and O–H groups in total. The van der Waals surface area contributed by atoms with Crippen LogP contribution in [-0.4, -0.2) is 18.0 Å². The fourth-order valence-electron chi connectivity index (χ4n) is 1.67. The molecule has 1 heterocycles. The molecule has 88 valence electrons. The highest BCUT2D eigenvalue weighted by atomic mass is 79.9. The fraction of sp³-hybridized carbons (Fsp3) is 0.154. The maximum Gasteiger partial charge on any atom is 0.139 e. The topological polar surface area (TPSA) is 31.2 Å². The molecule has 3 nitrogen and oxygen atoms in total. The van der Waals surface area contributed by atoms with Gasteiger partial charge in [-0.1, -0.05) is 15.9 Å². The first-order chi connectivity index (χ1) is 8.26. The Balaban J connectivity index is 2.38. The van der Waals surface area contributed by atoms with E-state index in [9.17, 15) is 4.79 Å². The third kappa shape index (κ3) is 2.42. The molecule has 1 aromatic heterocycles. The lowest BCUT2D eigenvalue weighted by atomic mass is 10.2. The number of nitrogens with zero attached hydrogens (tertiary/aromatic N) is 1. The number of aldehydes is 1. The first-order valence-corrected chi connectivity index (χ1v) is 6.09. The van der Waals surface area contributed by atoms with Crippen LogP contribution >= 0.6 is 15.9 Å². The first kappa shape index (κ1) is 11.9. The second kappa shape index (κ2) is 5.19. The highest BCUT2D eigenvalue weighted by Gasteiger charge is 2.11. The molecule has 1 aromatic carbocycles. The van der Waals surface area contributed by atoms with Crippen molar-refractivity contribution in [3.63, 3.8) is 0 Å². The molecular weight excluding hydrogens is 282 g/mol. The molecule has 0 saturated heterocycles. The van der Waals surface area contributed by atoms with Gasteiger partial charge in [0.15, 0.2) is 0 Å². The molecule has 17 heavy (non-hydrogen) atoms. The SMILES string of the molecule is COc1ccc(-n2cccc2C(Br)C=O)cc1. The number of hydrogen-bond donors (Lipinski definition) is 0. The molecule has 0 fully saturated rings. The molecule has 0 bridgehead atoms. The van der Waals surface area contributed by atoms with Gasteiger partial charge in [-0.25, -0.2) is 0 Å². The zero-order chi connectivity index (χ0) is 12.3. The molecule has 0 saturated carbocycles. The lowest BCUT2D eigenvalue weighted by Crippen LogP contribution is -2.01. The van der Waals surface area contributed by atoms with Crippen molar-refractivity contribution in [3.05, 3.63) is 48.3 Å². The van der Waals surface area contributed by atoms with Gasteiger partial charge in [-0.05, 0) is 36.4 Å². The molecule has 0 radical (unpaired) electrons. The Labute approximate surface area is 108 Å². The number of methoxy groups -OCH3 is 1. The van der Waals surface area contributed by atoms with Gasteiger partial charge >= 0.3 is 0 Å². The monoisotopic (exact) mass is 293 g/mol. The van der Waals surface area contributed by atoms with Crippen molar-refractivity contribution < 1.29 is 9.53 Å². The molecule has 2 rings (SSSR count). The average Bonchev–Trinajstić information content (AvgIpc) is 2.87. The fourth-order valence-corrected chi connectivity index (χ4v) is 2.04. The van der Waals surface area contributed by atoms with Crippen molar-refractivity contribution in [3.8, 4) is 11.4 Å². The Bertz CT molecular complexity index is 504. The number of ether oxygens (including phenoxy) is 1. The van der Waals surface area contributed by atoms with Crippen LogP contribution in [0.3, 0.4) is 0 Å². The Kier molecular flexibility index (Phi) is 3.64. The number of carbonyl (C=O) groups is 1. The Morgan fingerprint density at radius 1 is 1.29 bits per heavy atom. The van der Waals surface area contributed by atoms with E-state index in [0.29, 0.717) is 0 Å². The summed E-state index contributed by atoms with van der Waals surface area (Å²) in [5.41, 5.74) is 1.90. The van der Waals surface area contributed by atoms with Gasteiger partial charge in [0.2, 0.25) is 0 Å². The van der Waals surface area contributed by atoms with Gasteiger partial charge in [0.05, 0.1) is 7.11 Å². The largest absolute Gasteiger partial charge is 0.497 e. The van der Waals surface area contributed by atoms with Crippen LogP contribution in [0.1, 0.15) is 10.5 Å². The minimum absolute atomic E-state index is 0.292. The second-order valence-corrected chi connectivity index (χ2v) is 4.53. The van der Waals surface area contributed by atoms with E-state index in [2.05, 4.69) is 15.9 Å². The summed E-state index contributed by atoms with van der Waals surface area (Å²) in [5.74, 6) is 0.813. The number of hydrogen-bond acceptors (Lipinski definition) is 2. The van der Waals surface area contributed by atoms with Crippen LogP contribution < -0.4 is 4.74 Å². The smallest absolute Gasteiger partial charge is 0.139 e. The highest BCUT2D eigenvalue weighted by molar-refractivity contribution is 9.09. The van der Waals surface area contributed by atoms with Crippen molar-refractivity contribution >= 4 is 22.2 Å². The molecule has 1 unspecified atom stereocenters. The lowest BCUT2D eigenvalue weighted by Gasteiger charge is -2.10. The zero-order valence-corrected chi connectivity index (χ0v) is 10.9. The summed E-state index contributed by atoms with van der Waals surface area (Å²) in [6, 6.07) is 11.5. The summed E-state index contributed by atoms with van der Waals surface area (Å²) < 4.78 is 7.08. The van der Waals surface area contributed by atoms with Crippen LogP contribution in [0, 0.1) is 0 Å². The van der Waals surface area contributed by atoms with E-state index in [1.807, 2.05) is 47.2 Å². The minimum atomic E-state index is -0.292. The molecule has 0 spiro atoms. The number of rotatable bonds is 4. The second-order valence-electron chi connectivity index (χ2n) is 3.54. The van der Waals surface area contributed by atoms with E-state index in [0.717, 1.165) is 23.4 Å². The van der Waals surface area contributed by atoms with Crippen LogP contribution in [0.25, 0.3) is 5.69 Å². The van der Waals surface area contributed by atoms with Crippen molar-refractivity contribution in [2.45, 2.75) is 4.83 Å². The van der Waals surface area contributed by atoms with Crippen LogP contribution in [0.2, 0.25) is 0 Å². The molecule has 0 aliphatic carbocycles. The van der Waals surface area contributed by atoms with Gasteiger partial charge in [-0.3, -0.25) is 0 Å². The van der Waals surface area contributed by atoms with Crippen molar-refractivity contribution in [2.24, 2.45) is 0 Å². The maximum absolute atomic E-state index is 10.8. The maximum atomic E-state index is 10.8. The third-order valence-corrected chi connectivity index (χ3v) is 3.22. The van der Waals surface area contributed by atoms with Crippen LogP contribution in [0.4, 0.5) is 0 Å². The van der Waals surface area contributed by atoms with Gasteiger partial charge in [-0.2, -0.15) is 0 Å². The molecular formula is C13H12BrNO2. The molecule has 4 heteroatoms. The predicted octanol–water partition coefficient (Wildman–Crippen LogP) is 3.12.